The van der Waals surface area contributed by atoms with Crippen molar-refractivity contribution in [3.05, 3.63) is 29.8 Å². The molecule has 0 aromatic heterocycles. The van der Waals surface area contributed by atoms with Crippen LogP contribution in [0.5, 0.6) is 5.75 Å². The predicted octanol–water partition coefficient (Wildman–Crippen LogP) is 3.14. The number of rotatable bonds is 6. The van der Waals surface area contributed by atoms with Crippen molar-refractivity contribution in [2.24, 2.45) is 0 Å². The molecule has 1 atom stereocenters. The minimum Gasteiger partial charge on any atom is -0.497 e. The van der Waals surface area contributed by atoms with Gasteiger partial charge in [-0.15, -0.1) is 0 Å². The number of carbonyl (C=O) groups excluding carboxylic acids is 1. The standard InChI is InChI=1S/C18H28N2O3/c1-3-16(14-7-9-15(23-2)10-8-14)20-17(21)19-13-18(22)11-5-4-6-12-18/h7-10,16,22H,3-6,11-13H2,1-2H3,(H2,19,20,21). The molecular weight excluding hydrogens is 292 g/mol. The van der Waals surface area contributed by atoms with E-state index in [0.29, 0.717) is 6.54 Å². The fraction of sp³-hybridized carbons (Fsp3) is 0.611. The van der Waals surface area contributed by atoms with Crippen molar-refractivity contribution in [1.29, 1.82) is 0 Å². The lowest BCUT2D eigenvalue weighted by Gasteiger charge is -2.32. The molecule has 128 valence electrons. The van der Waals surface area contributed by atoms with Gasteiger partial charge in [-0.05, 0) is 37.0 Å². The van der Waals surface area contributed by atoms with E-state index in [1.54, 1.807) is 7.11 Å². The Morgan fingerprint density at radius 2 is 1.91 bits per heavy atom. The second kappa shape index (κ2) is 8.20. The van der Waals surface area contributed by atoms with Crippen molar-refractivity contribution in [2.75, 3.05) is 13.7 Å². The van der Waals surface area contributed by atoms with Crippen LogP contribution in [-0.2, 0) is 0 Å². The van der Waals surface area contributed by atoms with Gasteiger partial charge in [-0.1, -0.05) is 38.3 Å². The largest absolute Gasteiger partial charge is 0.497 e. The van der Waals surface area contributed by atoms with Crippen molar-refractivity contribution in [3.8, 4) is 5.75 Å². The number of methoxy groups -OCH3 is 1. The first-order valence-corrected chi connectivity index (χ1v) is 8.47. The third-order valence-electron chi connectivity index (χ3n) is 4.59. The highest BCUT2D eigenvalue weighted by atomic mass is 16.5. The van der Waals surface area contributed by atoms with Gasteiger partial charge < -0.3 is 20.5 Å². The second-order valence-corrected chi connectivity index (χ2v) is 6.35. The molecule has 5 nitrogen and oxygen atoms in total. The highest BCUT2D eigenvalue weighted by molar-refractivity contribution is 5.74. The second-order valence-electron chi connectivity index (χ2n) is 6.35. The molecule has 1 aliphatic rings. The van der Waals surface area contributed by atoms with E-state index >= 15 is 0 Å². The van der Waals surface area contributed by atoms with Crippen molar-refractivity contribution in [2.45, 2.75) is 57.1 Å². The Morgan fingerprint density at radius 3 is 2.48 bits per heavy atom. The number of urea groups is 1. The van der Waals surface area contributed by atoms with Gasteiger partial charge in [0.2, 0.25) is 0 Å². The molecule has 0 spiro atoms. The molecule has 1 saturated carbocycles. The molecule has 3 N–H and O–H groups in total. The zero-order valence-electron chi connectivity index (χ0n) is 14.1. The number of amides is 2. The number of nitrogens with one attached hydrogen (secondary N) is 2. The van der Waals surface area contributed by atoms with E-state index in [1.807, 2.05) is 31.2 Å². The predicted molar refractivity (Wildman–Crippen MR) is 90.6 cm³/mol. The van der Waals surface area contributed by atoms with Crippen LogP contribution in [0.1, 0.15) is 57.1 Å². The summed E-state index contributed by atoms with van der Waals surface area (Å²) in [7, 11) is 1.63. The molecule has 2 rings (SSSR count). The van der Waals surface area contributed by atoms with Crippen molar-refractivity contribution in [3.63, 3.8) is 0 Å². The fourth-order valence-electron chi connectivity index (χ4n) is 3.10. The van der Waals surface area contributed by atoms with Crippen molar-refractivity contribution >= 4 is 6.03 Å². The molecule has 0 radical (unpaired) electrons. The summed E-state index contributed by atoms with van der Waals surface area (Å²) in [5, 5.41) is 16.2. The number of aliphatic hydroxyl groups is 1. The fourth-order valence-corrected chi connectivity index (χ4v) is 3.10. The van der Waals surface area contributed by atoms with Crippen molar-refractivity contribution < 1.29 is 14.6 Å². The highest BCUT2D eigenvalue weighted by Crippen LogP contribution is 2.27. The van der Waals surface area contributed by atoms with Gasteiger partial charge >= 0.3 is 6.03 Å². The summed E-state index contributed by atoms with van der Waals surface area (Å²) in [4.78, 5) is 12.1. The van der Waals surface area contributed by atoms with Crippen LogP contribution in [-0.4, -0.2) is 30.4 Å². The molecule has 0 aliphatic heterocycles. The van der Waals surface area contributed by atoms with Gasteiger partial charge in [0.1, 0.15) is 5.75 Å². The van der Waals surface area contributed by atoms with Gasteiger partial charge in [0.25, 0.3) is 0 Å². The minimum atomic E-state index is -0.739. The van der Waals surface area contributed by atoms with Crippen LogP contribution in [0.3, 0.4) is 0 Å². The Bertz CT molecular complexity index is 495. The lowest BCUT2D eigenvalue weighted by Crippen LogP contribution is -2.47. The average molecular weight is 320 g/mol. The van der Waals surface area contributed by atoms with Crippen LogP contribution in [0.2, 0.25) is 0 Å². The molecule has 1 aromatic carbocycles. The molecule has 0 bridgehead atoms. The van der Waals surface area contributed by atoms with Crippen LogP contribution in [0, 0.1) is 0 Å². The molecule has 5 heteroatoms. The molecule has 1 aliphatic carbocycles. The molecule has 0 saturated heterocycles. The summed E-state index contributed by atoms with van der Waals surface area (Å²) >= 11 is 0. The van der Waals surface area contributed by atoms with Gasteiger partial charge in [-0.3, -0.25) is 0 Å². The molecule has 2 amide bonds. The Labute approximate surface area is 138 Å². The molecular formula is C18H28N2O3. The third-order valence-corrected chi connectivity index (χ3v) is 4.59. The zero-order valence-corrected chi connectivity index (χ0v) is 14.1. The SMILES string of the molecule is CCC(NC(=O)NCC1(O)CCCCC1)c1ccc(OC)cc1. The smallest absolute Gasteiger partial charge is 0.315 e. The number of carbonyl (C=O) groups is 1. The van der Waals surface area contributed by atoms with Crippen molar-refractivity contribution in [1.82, 2.24) is 10.6 Å². The Hall–Kier alpha value is -1.75. The lowest BCUT2D eigenvalue weighted by molar-refractivity contribution is 0.00712. The minimum absolute atomic E-state index is 0.0538. The normalized spacial score (nSPS) is 18.0. The van der Waals surface area contributed by atoms with Gasteiger partial charge in [-0.25, -0.2) is 4.79 Å². The molecule has 1 unspecified atom stereocenters. The molecule has 1 fully saturated rings. The van der Waals surface area contributed by atoms with E-state index < -0.39 is 5.60 Å². The van der Waals surface area contributed by atoms with Crippen LogP contribution >= 0.6 is 0 Å². The first kappa shape index (κ1) is 17.6. The topological polar surface area (TPSA) is 70.6 Å². The van der Waals surface area contributed by atoms with Crippen LogP contribution in [0.15, 0.2) is 24.3 Å². The molecule has 23 heavy (non-hydrogen) atoms. The first-order valence-electron chi connectivity index (χ1n) is 8.47. The van der Waals surface area contributed by atoms with Gasteiger partial charge in [0.05, 0.1) is 18.8 Å². The quantitative estimate of drug-likeness (QED) is 0.754. The summed E-state index contributed by atoms with van der Waals surface area (Å²) in [6.45, 7) is 2.35. The number of benzene rings is 1. The summed E-state index contributed by atoms with van der Waals surface area (Å²) in [6.07, 6.45) is 5.56. The Balaban J connectivity index is 1.86. The number of hydrogen-bond acceptors (Lipinski definition) is 3. The van der Waals surface area contributed by atoms with E-state index in [9.17, 15) is 9.90 Å². The Morgan fingerprint density at radius 1 is 1.26 bits per heavy atom. The maximum Gasteiger partial charge on any atom is 0.315 e. The van der Waals surface area contributed by atoms with Gasteiger partial charge in [0, 0.05) is 6.54 Å². The number of hydrogen-bond donors (Lipinski definition) is 3. The van der Waals surface area contributed by atoms with Crippen LogP contribution in [0.25, 0.3) is 0 Å². The molecule has 1 aromatic rings. The van der Waals surface area contributed by atoms with Crippen LogP contribution < -0.4 is 15.4 Å². The van der Waals surface area contributed by atoms with E-state index in [4.69, 9.17) is 4.74 Å². The lowest BCUT2D eigenvalue weighted by atomic mass is 9.85. The van der Waals surface area contributed by atoms with Gasteiger partial charge in [0.15, 0.2) is 0 Å². The maximum absolute atomic E-state index is 12.1. The van der Waals surface area contributed by atoms with E-state index in [2.05, 4.69) is 10.6 Å². The van der Waals surface area contributed by atoms with Gasteiger partial charge in [-0.2, -0.15) is 0 Å². The van der Waals surface area contributed by atoms with Crippen LogP contribution in [0.4, 0.5) is 4.79 Å². The third kappa shape index (κ3) is 5.13. The summed E-state index contributed by atoms with van der Waals surface area (Å²) in [5.41, 5.74) is 0.303. The zero-order chi connectivity index (χ0) is 16.7. The monoisotopic (exact) mass is 320 g/mol. The highest BCUT2D eigenvalue weighted by Gasteiger charge is 2.29. The Kier molecular flexibility index (Phi) is 6.28. The van der Waals surface area contributed by atoms with E-state index in [1.165, 1.54) is 6.42 Å². The van der Waals surface area contributed by atoms with E-state index in [-0.39, 0.29) is 12.1 Å². The summed E-state index contributed by atoms with van der Waals surface area (Å²) in [5.74, 6) is 0.799. The maximum atomic E-state index is 12.1. The summed E-state index contributed by atoms with van der Waals surface area (Å²) < 4.78 is 5.15. The number of ether oxygens (including phenoxy) is 1. The van der Waals surface area contributed by atoms with E-state index in [0.717, 1.165) is 43.4 Å². The summed E-state index contributed by atoms with van der Waals surface area (Å²) in [6, 6.07) is 7.42. The first-order chi connectivity index (χ1) is 11.1. The average Bonchev–Trinajstić information content (AvgIpc) is 2.59. The molecule has 0 heterocycles.